The molecule has 0 saturated carbocycles. The van der Waals surface area contributed by atoms with Gasteiger partial charge in [-0.25, -0.2) is 0 Å². The number of hydrogen-bond donors (Lipinski definition) is 2. The third kappa shape index (κ3) is 3.19. The van der Waals surface area contributed by atoms with E-state index in [2.05, 4.69) is 15.5 Å². The Labute approximate surface area is 132 Å². The van der Waals surface area contributed by atoms with Crippen LogP contribution in [-0.2, 0) is 4.79 Å². The smallest absolute Gasteiger partial charge is 0.263 e. The number of amides is 2. The maximum Gasteiger partial charge on any atom is 0.263 e. The van der Waals surface area contributed by atoms with Gasteiger partial charge in [-0.15, -0.1) is 11.3 Å². The zero-order valence-corrected chi connectivity index (χ0v) is 13.2. The number of aromatic amines is 1. The number of thiophene rings is 1. The monoisotopic (exact) mass is 318 g/mol. The number of piperidine rings is 1. The fourth-order valence-corrected chi connectivity index (χ4v) is 3.30. The van der Waals surface area contributed by atoms with Crippen molar-refractivity contribution in [3.63, 3.8) is 0 Å². The molecule has 1 aliphatic rings. The van der Waals surface area contributed by atoms with Crippen molar-refractivity contribution >= 4 is 29.0 Å². The van der Waals surface area contributed by atoms with Crippen LogP contribution in [-0.4, -0.2) is 40.0 Å². The Morgan fingerprint density at radius 3 is 2.77 bits per heavy atom. The van der Waals surface area contributed by atoms with Crippen LogP contribution in [0.15, 0.2) is 23.6 Å². The number of aromatic nitrogens is 2. The van der Waals surface area contributed by atoms with Crippen molar-refractivity contribution in [3.05, 3.63) is 34.2 Å². The molecular formula is C15H18N4O2S. The summed E-state index contributed by atoms with van der Waals surface area (Å²) in [6.07, 6.45) is 1.37. The van der Waals surface area contributed by atoms with Gasteiger partial charge in [-0.1, -0.05) is 6.07 Å². The predicted molar refractivity (Wildman–Crippen MR) is 84.9 cm³/mol. The first-order valence-electron chi connectivity index (χ1n) is 7.29. The van der Waals surface area contributed by atoms with Crippen LogP contribution in [0.4, 0.5) is 5.82 Å². The Kier molecular flexibility index (Phi) is 4.24. The van der Waals surface area contributed by atoms with Crippen LogP contribution in [0.1, 0.15) is 28.2 Å². The molecule has 0 aromatic carbocycles. The Balaban J connectivity index is 1.53. The van der Waals surface area contributed by atoms with Gasteiger partial charge in [-0.3, -0.25) is 14.7 Å². The van der Waals surface area contributed by atoms with Crippen molar-refractivity contribution in [2.75, 3.05) is 18.4 Å². The number of carbonyl (C=O) groups is 2. The Bertz CT molecular complexity index is 657. The van der Waals surface area contributed by atoms with E-state index >= 15 is 0 Å². The van der Waals surface area contributed by atoms with Gasteiger partial charge in [0.05, 0.1) is 4.88 Å². The molecule has 0 atom stereocenters. The standard InChI is InChI=1S/C15H18N4O2S/c1-10-9-13(18-17-10)16-14(20)11-4-6-19(7-5-11)15(21)12-3-2-8-22-12/h2-3,8-9,11H,4-7H2,1H3,(H2,16,17,18,20). The molecule has 116 valence electrons. The highest BCUT2D eigenvalue weighted by Gasteiger charge is 2.28. The van der Waals surface area contributed by atoms with Crippen LogP contribution < -0.4 is 5.32 Å². The lowest BCUT2D eigenvalue weighted by Gasteiger charge is -2.30. The molecule has 0 unspecified atom stereocenters. The number of nitrogens with zero attached hydrogens (tertiary/aromatic N) is 2. The normalized spacial score (nSPS) is 15.8. The molecule has 2 aromatic heterocycles. The van der Waals surface area contributed by atoms with Crippen LogP contribution in [0.25, 0.3) is 0 Å². The molecule has 0 radical (unpaired) electrons. The maximum atomic E-state index is 12.3. The predicted octanol–water partition coefficient (Wildman–Crippen LogP) is 2.27. The molecular weight excluding hydrogens is 300 g/mol. The average molecular weight is 318 g/mol. The van der Waals surface area contributed by atoms with Gasteiger partial charge in [0.2, 0.25) is 5.91 Å². The van der Waals surface area contributed by atoms with Gasteiger partial charge >= 0.3 is 0 Å². The number of nitrogens with one attached hydrogen (secondary N) is 2. The molecule has 0 bridgehead atoms. The number of H-pyrrole nitrogens is 1. The van der Waals surface area contributed by atoms with E-state index in [-0.39, 0.29) is 17.7 Å². The van der Waals surface area contributed by atoms with E-state index in [4.69, 9.17) is 0 Å². The largest absolute Gasteiger partial charge is 0.338 e. The average Bonchev–Trinajstić information content (AvgIpc) is 3.18. The summed E-state index contributed by atoms with van der Waals surface area (Å²) in [5.41, 5.74) is 0.909. The van der Waals surface area contributed by atoms with E-state index in [1.807, 2.05) is 29.3 Å². The molecule has 2 N–H and O–H groups in total. The number of likely N-dealkylation sites (tertiary alicyclic amines) is 1. The third-order valence-electron chi connectivity index (χ3n) is 3.84. The molecule has 1 aliphatic heterocycles. The van der Waals surface area contributed by atoms with Crippen molar-refractivity contribution in [2.24, 2.45) is 5.92 Å². The van der Waals surface area contributed by atoms with E-state index in [0.717, 1.165) is 10.6 Å². The summed E-state index contributed by atoms with van der Waals surface area (Å²) in [7, 11) is 0. The lowest BCUT2D eigenvalue weighted by molar-refractivity contribution is -0.121. The number of rotatable bonds is 3. The van der Waals surface area contributed by atoms with Gasteiger partial charge < -0.3 is 10.2 Å². The molecule has 22 heavy (non-hydrogen) atoms. The molecule has 3 heterocycles. The van der Waals surface area contributed by atoms with Gasteiger partial charge in [-0.05, 0) is 31.2 Å². The molecule has 0 aliphatic carbocycles. The summed E-state index contributed by atoms with van der Waals surface area (Å²) >= 11 is 1.45. The quantitative estimate of drug-likeness (QED) is 0.911. The first-order chi connectivity index (χ1) is 10.6. The minimum Gasteiger partial charge on any atom is -0.338 e. The Morgan fingerprint density at radius 2 is 2.18 bits per heavy atom. The summed E-state index contributed by atoms with van der Waals surface area (Å²) in [4.78, 5) is 27.1. The van der Waals surface area contributed by atoms with Crippen molar-refractivity contribution in [1.29, 1.82) is 0 Å². The van der Waals surface area contributed by atoms with Crippen LogP contribution in [0.5, 0.6) is 0 Å². The first kappa shape index (κ1) is 14.8. The van der Waals surface area contributed by atoms with Crippen LogP contribution >= 0.6 is 11.3 Å². The minimum absolute atomic E-state index is 0.0188. The van der Waals surface area contributed by atoms with Crippen molar-refractivity contribution in [2.45, 2.75) is 19.8 Å². The Hall–Kier alpha value is -2.15. The second-order valence-electron chi connectivity index (χ2n) is 5.47. The summed E-state index contributed by atoms with van der Waals surface area (Å²) in [6, 6.07) is 5.52. The molecule has 1 fully saturated rings. The number of anilines is 1. The second-order valence-corrected chi connectivity index (χ2v) is 6.42. The van der Waals surface area contributed by atoms with Crippen LogP contribution in [0.2, 0.25) is 0 Å². The summed E-state index contributed by atoms with van der Waals surface area (Å²) in [5, 5.41) is 11.5. The molecule has 1 saturated heterocycles. The SMILES string of the molecule is Cc1cc(NC(=O)C2CCN(C(=O)c3cccs3)CC2)n[nH]1. The molecule has 2 amide bonds. The van der Waals surface area contributed by atoms with Crippen molar-refractivity contribution < 1.29 is 9.59 Å². The van der Waals surface area contributed by atoms with Crippen molar-refractivity contribution in [1.82, 2.24) is 15.1 Å². The van der Waals surface area contributed by atoms with Crippen molar-refractivity contribution in [3.8, 4) is 0 Å². The zero-order valence-electron chi connectivity index (χ0n) is 12.3. The van der Waals surface area contributed by atoms with E-state index in [1.54, 1.807) is 6.07 Å². The van der Waals surface area contributed by atoms with E-state index in [0.29, 0.717) is 31.7 Å². The highest BCUT2D eigenvalue weighted by atomic mass is 32.1. The minimum atomic E-state index is -0.0654. The lowest BCUT2D eigenvalue weighted by Crippen LogP contribution is -2.41. The third-order valence-corrected chi connectivity index (χ3v) is 4.70. The number of hydrogen-bond acceptors (Lipinski definition) is 4. The van der Waals surface area contributed by atoms with Gasteiger partial charge in [0, 0.05) is 30.8 Å². The van der Waals surface area contributed by atoms with Crippen LogP contribution in [0, 0.1) is 12.8 Å². The highest BCUT2D eigenvalue weighted by Crippen LogP contribution is 2.22. The fraction of sp³-hybridized carbons (Fsp3) is 0.400. The second kappa shape index (κ2) is 6.31. The summed E-state index contributed by atoms with van der Waals surface area (Å²) in [6.45, 7) is 3.13. The molecule has 3 rings (SSSR count). The first-order valence-corrected chi connectivity index (χ1v) is 8.17. The van der Waals surface area contributed by atoms with Gasteiger partial charge in [0.25, 0.3) is 5.91 Å². The summed E-state index contributed by atoms with van der Waals surface area (Å²) < 4.78 is 0. The molecule has 2 aromatic rings. The maximum absolute atomic E-state index is 12.3. The van der Waals surface area contributed by atoms with Gasteiger partial charge in [-0.2, -0.15) is 5.10 Å². The fourth-order valence-electron chi connectivity index (χ4n) is 2.61. The van der Waals surface area contributed by atoms with Gasteiger partial charge in [0.15, 0.2) is 5.82 Å². The topological polar surface area (TPSA) is 78.1 Å². The van der Waals surface area contributed by atoms with Gasteiger partial charge in [0.1, 0.15) is 0 Å². The highest BCUT2D eigenvalue weighted by molar-refractivity contribution is 7.12. The molecule has 7 heteroatoms. The Morgan fingerprint density at radius 1 is 1.41 bits per heavy atom. The number of carbonyl (C=O) groups excluding carboxylic acids is 2. The molecule has 0 spiro atoms. The molecule has 6 nitrogen and oxygen atoms in total. The van der Waals surface area contributed by atoms with E-state index < -0.39 is 0 Å². The van der Waals surface area contributed by atoms with Crippen LogP contribution in [0.3, 0.4) is 0 Å². The van der Waals surface area contributed by atoms with E-state index in [9.17, 15) is 9.59 Å². The zero-order chi connectivity index (χ0) is 15.5. The number of aryl methyl sites for hydroxylation is 1. The lowest BCUT2D eigenvalue weighted by atomic mass is 9.96. The summed E-state index contributed by atoms with van der Waals surface area (Å²) in [5.74, 6) is 0.537. The van der Waals surface area contributed by atoms with E-state index in [1.165, 1.54) is 11.3 Å².